The van der Waals surface area contributed by atoms with Crippen LogP contribution in [0.15, 0.2) is 60.8 Å². The molecule has 0 bridgehead atoms. The van der Waals surface area contributed by atoms with E-state index in [9.17, 15) is 24.3 Å². The first kappa shape index (κ1) is 28.4. The first-order valence-electron chi connectivity index (χ1n) is 12.5. The number of carboxylic acid groups (broad SMARTS) is 1. The Balaban J connectivity index is 1.75. The average Bonchev–Trinajstić information content (AvgIpc) is 3.29. The summed E-state index contributed by atoms with van der Waals surface area (Å²) in [5.41, 5.74) is 8.73. The molecule has 4 unspecified atom stereocenters. The molecule has 38 heavy (non-hydrogen) atoms. The van der Waals surface area contributed by atoms with Gasteiger partial charge in [0.25, 0.3) is 0 Å². The molecule has 0 aliphatic heterocycles. The molecule has 0 spiro atoms. The van der Waals surface area contributed by atoms with Crippen LogP contribution < -0.4 is 21.7 Å². The lowest BCUT2D eigenvalue weighted by Gasteiger charge is -2.24. The molecule has 1 heterocycles. The molecule has 10 heteroatoms. The summed E-state index contributed by atoms with van der Waals surface area (Å²) in [4.78, 5) is 53.6. The standard InChI is InChI=1S/C28H35N5O5/c1-16(2)24(28(37)38)33-25(34)17(3)31-27(36)23(14-19-15-30-22-12-8-7-11-20(19)22)32-26(35)21(29)13-18-9-5-4-6-10-18/h4-12,15-17,21,23-24,30H,13-14,29H2,1-3H3,(H,31,36)(H,32,35)(H,33,34)(H,37,38). The van der Waals surface area contributed by atoms with Crippen molar-refractivity contribution in [3.8, 4) is 0 Å². The average molecular weight is 522 g/mol. The summed E-state index contributed by atoms with van der Waals surface area (Å²) in [6.07, 6.45) is 2.22. The molecular formula is C28H35N5O5. The number of aromatic amines is 1. The molecule has 0 aliphatic rings. The third kappa shape index (κ3) is 7.42. The van der Waals surface area contributed by atoms with Gasteiger partial charge in [0.15, 0.2) is 0 Å². The van der Waals surface area contributed by atoms with Crippen molar-refractivity contribution in [2.75, 3.05) is 0 Å². The predicted molar refractivity (Wildman–Crippen MR) is 144 cm³/mol. The van der Waals surface area contributed by atoms with Gasteiger partial charge < -0.3 is 31.8 Å². The summed E-state index contributed by atoms with van der Waals surface area (Å²) >= 11 is 0. The highest BCUT2D eigenvalue weighted by atomic mass is 16.4. The molecule has 3 rings (SSSR count). The van der Waals surface area contributed by atoms with Gasteiger partial charge in [0.1, 0.15) is 18.1 Å². The molecule has 2 aromatic carbocycles. The molecule has 0 aliphatic carbocycles. The Morgan fingerprint density at radius 2 is 1.50 bits per heavy atom. The highest BCUT2D eigenvalue weighted by Gasteiger charge is 2.30. The Morgan fingerprint density at radius 3 is 2.16 bits per heavy atom. The fourth-order valence-corrected chi connectivity index (χ4v) is 4.14. The number of hydrogen-bond donors (Lipinski definition) is 6. The number of carboxylic acids is 1. The number of aliphatic carboxylic acids is 1. The number of hydrogen-bond acceptors (Lipinski definition) is 5. The minimum Gasteiger partial charge on any atom is -0.480 e. The zero-order valence-electron chi connectivity index (χ0n) is 21.7. The normalized spacial score (nSPS) is 14.3. The number of para-hydroxylation sites is 1. The molecule has 3 aromatic rings. The number of nitrogens with one attached hydrogen (secondary N) is 4. The van der Waals surface area contributed by atoms with Crippen LogP contribution in [0.1, 0.15) is 31.9 Å². The Kier molecular flexibility index (Phi) is 9.61. The van der Waals surface area contributed by atoms with Crippen molar-refractivity contribution in [1.29, 1.82) is 0 Å². The van der Waals surface area contributed by atoms with Crippen LogP contribution >= 0.6 is 0 Å². The van der Waals surface area contributed by atoms with Crippen molar-refractivity contribution in [1.82, 2.24) is 20.9 Å². The smallest absolute Gasteiger partial charge is 0.326 e. The van der Waals surface area contributed by atoms with Gasteiger partial charge in [0, 0.05) is 23.5 Å². The number of amides is 3. The van der Waals surface area contributed by atoms with Crippen LogP contribution in [-0.4, -0.2) is 57.9 Å². The number of nitrogens with two attached hydrogens (primary N) is 1. The van der Waals surface area contributed by atoms with Crippen LogP contribution in [0, 0.1) is 5.92 Å². The van der Waals surface area contributed by atoms with Gasteiger partial charge in [0.2, 0.25) is 17.7 Å². The Hall–Kier alpha value is -4.18. The van der Waals surface area contributed by atoms with Crippen molar-refractivity contribution in [2.24, 2.45) is 11.7 Å². The zero-order valence-corrected chi connectivity index (χ0v) is 21.7. The lowest BCUT2D eigenvalue weighted by atomic mass is 10.0. The van der Waals surface area contributed by atoms with E-state index < -0.39 is 47.9 Å². The third-order valence-corrected chi connectivity index (χ3v) is 6.35. The van der Waals surface area contributed by atoms with Gasteiger partial charge in [0.05, 0.1) is 6.04 Å². The SMILES string of the molecule is CC(NC(=O)C(Cc1c[nH]c2ccccc12)NC(=O)C(N)Cc1ccccc1)C(=O)NC(C(=O)O)C(C)C. The molecule has 0 saturated carbocycles. The number of carbonyl (C=O) groups excluding carboxylic acids is 3. The van der Waals surface area contributed by atoms with Crippen molar-refractivity contribution in [3.63, 3.8) is 0 Å². The topological polar surface area (TPSA) is 166 Å². The molecule has 7 N–H and O–H groups in total. The summed E-state index contributed by atoms with van der Waals surface area (Å²) in [6, 6.07) is 12.8. The van der Waals surface area contributed by atoms with E-state index in [2.05, 4.69) is 20.9 Å². The van der Waals surface area contributed by atoms with Crippen LogP contribution in [0.5, 0.6) is 0 Å². The second-order valence-electron chi connectivity index (χ2n) is 9.72. The zero-order chi connectivity index (χ0) is 27.8. The predicted octanol–water partition coefficient (Wildman–Crippen LogP) is 1.50. The maximum Gasteiger partial charge on any atom is 0.326 e. The van der Waals surface area contributed by atoms with Gasteiger partial charge in [-0.1, -0.05) is 62.4 Å². The van der Waals surface area contributed by atoms with Crippen LogP contribution in [0.2, 0.25) is 0 Å². The first-order valence-corrected chi connectivity index (χ1v) is 12.5. The second-order valence-corrected chi connectivity index (χ2v) is 9.72. The summed E-state index contributed by atoms with van der Waals surface area (Å²) < 4.78 is 0. The van der Waals surface area contributed by atoms with E-state index in [-0.39, 0.29) is 12.3 Å². The first-order chi connectivity index (χ1) is 18.1. The third-order valence-electron chi connectivity index (χ3n) is 6.35. The summed E-state index contributed by atoms with van der Waals surface area (Å²) in [7, 11) is 0. The van der Waals surface area contributed by atoms with Crippen molar-refractivity contribution >= 4 is 34.6 Å². The van der Waals surface area contributed by atoms with E-state index in [1.165, 1.54) is 6.92 Å². The fraction of sp³-hybridized carbons (Fsp3) is 0.357. The Bertz CT molecular complexity index is 1270. The van der Waals surface area contributed by atoms with Crippen LogP contribution in [-0.2, 0) is 32.0 Å². The van der Waals surface area contributed by atoms with Gasteiger partial charge in [-0.05, 0) is 36.5 Å². The molecule has 10 nitrogen and oxygen atoms in total. The van der Waals surface area contributed by atoms with Crippen molar-refractivity contribution in [3.05, 3.63) is 71.9 Å². The van der Waals surface area contributed by atoms with E-state index in [4.69, 9.17) is 5.73 Å². The minimum absolute atomic E-state index is 0.151. The lowest BCUT2D eigenvalue weighted by Crippen LogP contribution is -2.57. The highest BCUT2D eigenvalue weighted by Crippen LogP contribution is 2.19. The number of fused-ring (bicyclic) bond motifs is 1. The van der Waals surface area contributed by atoms with E-state index in [0.717, 1.165) is 22.0 Å². The van der Waals surface area contributed by atoms with Gasteiger partial charge in [-0.25, -0.2) is 4.79 Å². The van der Waals surface area contributed by atoms with Crippen LogP contribution in [0.25, 0.3) is 10.9 Å². The van der Waals surface area contributed by atoms with E-state index in [0.29, 0.717) is 6.42 Å². The van der Waals surface area contributed by atoms with Crippen LogP contribution in [0.3, 0.4) is 0 Å². The lowest BCUT2D eigenvalue weighted by molar-refractivity contribution is -0.143. The molecule has 202 valence electrons. The molecule has 1 aromatic heterocycles. The minimum atomic E-state index is -1.16. The fourth-order valence-electron chi connectivity index (χ4n) is 4.14. The second kappa shape index (κ2) is 12.9. The molecule has 3 amide bonds. The van der Waals surface area contributed by atoms with Crippen molar-refractivity contribution in [2.45, 2.75) is 57.8 Å². The van der Waals surface area contributed by atoms with Gasteiger partial charge in [-0.3, -0.25) is 14.4 Å². The number of carbonyl (C=O) groups is 4. The molecule has 0 fully saturated rings. The highest BCUT2D eigenvalue weighted by molar-refractivity contribution is 5.94. The summed E-state index contributed by atoms with van der Waals surface area (Å²) in [5, 5.41) is 18.1. The molecule has 4 atom stereocenters. The maximum absolute atomic E-state index is 13.3. The Morgan fingerprint density at radius 1 is 0.842 bits per heavy atom. The molecular weight excluding hydrogens is 486 g/mol. The number of rotatable bonds is 12. The van der Waals surface area contributed by atoms with Gasteiger partial charge in [-0.15, -0.1) is 0 Å². The quantitative estimate of drug-likeness (QED) is 0.211. The number of H-pyrrole nitrogens is 1. The summed E-state index contributed by atoms with van der Waals surface area (Å²) in [6.45, 7) is 4.81. The number of benzene rings is 2. The van der Waals surface area contributed by atoms with E-state index in [1.54, 1.807) is 20.0 Å². The largest absolute Gasteiger partial charge is 0.480 e. The Labute approximate surface area is 221 Å². The van der Waals surface area contributed by atoms with Gasteiger partial charge in [-0.2, -0.15) is 0 Å². The molecule has 0 saturated heterocycles. The van der Waals surface area contributed by atoms with E-state index in [1.807, 2.05) is 54.6 Å². The maximum atomic E-state index is 13.3. The molecule has 0 radical (unpaired) electrons. The van der Waals surface area contributed by atoms with Crippen molar-refractivity contribution < 1.29 is 24.3 Å². The van der Waals surface area contributed by atoms with Crippen LogP contribution in [0.4, 0.5) is 0 Å². The summed E-state index contributed by atoms with van der Waals surface area (Å²) in [5.74, 6) is -3.24. The van der Waals surface area contributed by atoms with E-state index >= 15 is 0 Å². The number of aromatic nitrogens is 1. The monoisotopic (exact) mass is 521 g/mol. The van der Waals surface area contributed by atoms with Gasteiger partial charge >= 0.3 is 5.97 Å².